The van der Waals surface area contributed by atoms with E-state index in [1.807, 2.05) is 0 Å². The summed E-state index contributed by atoms with van der Waals surface area (Å²) in [5.74, 6) is 0. The third kappa shape index (κ3) is 2.89. The normalized spacial score (nSPS) is 24.3. The molecule has 1 fully saturated rings. The number of hydrogen-bond acceptors (Lipinski definition) is 2. The Morgan fingerprint density at radius 1 is 1.44 bits per heavy atom. The zero-order valence-corrected chi connectivity index (χ0v) is 13.0. The number of rotatable bonds is 3. The summed E-state index contributed by atoms with van der Waals surface area (Å²) in [6.07, 6.45) is 1.44. The molecule has 0 spiro atoms. The third-order valence-electron chi connectivity index (χ3n) is 3.63. The highest BCUT2D eigenvalue weighted by atomic mass is 79.9. The van der Waals surface area contributed by atoms with Crippen LogP contribution in [-0.4, -0.2) is 25.3 Å². The summed E-state index contributed by atoms with van der Waals surface area (Å²) in [6.45, 7) is 8.36. The average Bonchev–Trinajstić information content (AvgIpc) is 2.38. The van der Waals surface area contributed by atoms with Crippen LogP contribution in [0, 0.1) is 6.92 Å². The van der Waals surface area contributed by atoms with Crippen LogP contribution in [0.3, 0.4) is 0 Å². The second-order valence-corrected chi connectivity index (χ2v) is 5.68. The molecule has 1 aromatic rings. The first kappa shape index (κ1) is 13.9. The first-order valence-corrected chi connectivity index (χ1v) is 7.81. The summed E-state index contributed by atoms with van der Waals surface area (Å²) in [5.41, 5.74) is 4.06. The Morgan fingerprint density at radius 2 is 2.22 bits per heavy atom. The van der Waals surface area contributed by atoms with E-state index in [9.17, 15) is 0 Å². The summed E-state index contributed by atoms with van der Waals surface area (Å²) >= 11 is 3.61. The third-order valence-corrected chi connectivity index (χ3v) is 4.23. The quantitative estimate of drug-likeness (QED) is 0.785. The van der Waals surface area contributed by atoms with Gasteiger partial charge in [-0.05, 0) is 31.9 Å². The zero-order valence-electron chi connectivity index (χ0n) is 11.4. The minimum atomic E-state index is 0.317. The number of hydrogen-bond donors (Lipinski definition) is 0. The van der Waals surface area contributed by atoms with Crippen molar-refractivity contribution in [3.63, 3.8) is 0 Å². The van der Waals surface area contributed by atoms with Crippen molar-refractivity contribution in [2.45, 2.75) is 44.7 Å². The minimum absolute atomic E-state index is 0.317. The van der Waals surface area contributed by atoms with E-state index in [2.05, 4.69) is 59.8 Å². The van der Waals surface area contributed by atoms with Gasteiger partial charge in [-0.3, -0.25) is 0 Å². The lowest BCUT2D eigenvalue weighted by molar-refractivity contribution is 0.0299. The summed E-state index contributed by atoms with van der Waals surface area (Å²) in [7, 11) is 0. The van der Waals surface area contributed by atoms with Crippen LogP contribution in [0.15, 0.2) is 18.2 Å². The SMILES string of the molecule is CCC1COC(C)CN1c1ccc(C)cc1CBr. The van der Waals surface area contributed by atoms with Crippen LogP contribution >= 0.6 is 15.9 Å². The fraction of sp³-hybridized carbons (Fsp3) is 0.600. The van der Waals surface area contributed by atoms with Crippen molar-refractivity contribution in [3.8, 4) is 0 Å². The Morgan fingerprint density at radius 3 is 2.89 bits per heavy atom. The predicted octanol–water partition coefficient (Wildman–Crippen LogP) is 3.89. The molecule has 0 saturated carbocycles. The lowest BCUT2D eigenvalue weighted by Gasteiger charge is -2.41. The summed E-state index contributed by atoms with van der Waals surface area (Å²) in [4.78, 5) is 2.52. The maximum Gasteiger partial charge on any atom is 0.0723 e. The Balaban J connectivity index is 2.32. The number of benzene rings is 1. The highest BCUT2D eigenvalue weighted by molar-refractivity contribution is 9.08. The number of halogens is 1. The first-order chi connectivity index (χ1) is 8.65. The topological polar surface area (TPSA) is 12.5 Å². The van der Waals surface area contributed by atoms with Gasteiger partial charge in [-0.15, -0.1) is 0 Å². The van der Waals surface area contributed by atoms with Gasteiger partial charge in [-0.25, -0.2) is 0 Å². The molecular formula is C15H22BrNO. The molecular weight excluding hydrogens is 290 g/mol. The van der Waals surface area contributed by atoms with Crippen LogP contribution in [0.25, 0.3) is 0 Å². The van der Waals surface area contributed by atoms with Crippen LogP contribution in [0.1, 0.15) is 31.4 Å². The van der Waals surface area contributed by atoms with E-state index in [4.69, 9.17) is 4.74 Å². The molecule has 2 rings (SSSR count). The van der Waals surface area contributed by atoms with Crippen molar-refractivity contribution < 1.29 is 4.74 Å². The van der Waals surface area contributed by atoms with Gasteiger partial charge in [0.15, 0.2) is 0 Å². The summed E-state index contributed by atoms with van der Waals surface area (Å²) in [6, 6.07) is 7.24. The van der Waals surface area contributed by atoms with Crippen LogP contribution in [-0.2, 0) is 10.1 Å². The van der Waals surface area contributed by atoms with E-state index in [1.54, 1.807) is 0 Å². The lowest BCUT2D eigenvalue weighted by Crippen LogP contribution is -2.49. The molecule has 1 aliphatic heterocycles. The molecule has 0 aromatic heterocycles. The molecule has 18 heavy (non-hydrogen) atoms. The fourth-order valence-corrected chi connectivity index (χ4v) is 3.03. The van der Waals surface area contributed by atoms with Gasteiger partial charge < -0.3 is 9.64 Å². The Kier molecular flexibility index (Phi) is 4.68. The standard InChI is InChI=1S/C15H22BrNO/c1-4-14-10-18-12(3)9-17(14)15-6-5-11(2)7-13(15)8-16/h5-7,12,14H,4,8-10H2,1-3H3. The number of aryl methyl sites for hydroxylation is 1. The molecule has 0 aliphatic carbocycles. The second-order valence-electron chi connectivity index (χ2n) is 5.12. The largest absolute Gasteiger partial charge is 0.375 e. The van der Waals surface area contributed by atoms with Gasteiger partial charge in [0.05, 0.1) is 18.8 Å². The highest BCUT2D eigenvalue weighted by Crippen LogP contribution is 2.29. The Bertz CT molecular complexity index is 407. The van der Waals surface area contributed by atoms with Gasteiger partial charge in [-0.1, -0.05) is 40.5 Å². The lowest BCUT2D eigenvalue weighted by atomic mass is 10.0. The van der Waals surface area contributed by atoms with Crippen LogP contribution in [0.4, 0.5) is 5.69 Å². The number of morpholine rings is 1. The Labute approximate surface area is 118 Å². The molecule has 1 aromatic carbocycles. The van der Waals surface area contributed by atoms with E-state index < -0.39 is 0 Å². The van der Waals surface area contributed by atoms with E-state index in [0.717, 1.165) is 24.9 Å². The predicted molar refractivity (Wildman–Crippen MR) is 80.6 cm³/mol. The number of nitrogens with zero attached hydrogens (tertiary/aromatic N) is 1. The molecule has 1 heterocycles. The molecule has 100 valence electrons. The molecule has 0 radical (unpaired) electrons. The highest BCUT2D eigenvalue weighted by Gasteiger charge is 2.26. The molecule has 0 amide bonds. The van der Waals surface area contributed by atoms with Crippen molar-refractivity contribution in [1.82, 2.24) is 0 Å². The van der Waals surface area contributed by atoms with Crippen molar-refractivity contribution in [3.05, 3.63) is 29.3 Å². The average molecular weight is 312 g/mol. The van der Waals surface area contributed by atoms with Gasteiger partial charge in [-0.2, -0.15) is 0 Å². The molecule has 3 heteroatoms. The molecule has 2 atom stereocenters. The Hall–Kier alpha value is -0.540. The zero-order chi connectivity index (χ0) is 13.1. The van der Waals surface area contributed by atoms with Crippen LogP contribution in [0.5, 0.6) is 0 Å². The number of anilines is 1. The fourth-order valence-electron chi connectivity index (χ4n) is 2.58. The van der Waals surface area contributed by atoms with Crippen molar-refractivity contribution >= 4 is 21.6 Å². The van der Waals surface area contributed by atoms with Crippen molar-refractivity contribution in [2.75, 3.05) is 18.1 Å². The van der Waals surface area contributed by atoms with Gasteiger partial charge in [0.1, 0.15) is 0 Å². The smallest absolute Gasteiger partial charge is 0.0723 e. The van der Waals surface area contributed by atoms with Crippen molar-refractivity contribution in [1.29, 1.82) is 0 Å². The maximum atomic E-state index is 5.78. The van der Waals surface area contributed by atoms with Gasteiger partial charge in [0.25, 0.3) is 0 Å². The molecule has 0 bridgehead atoms. The molecule has 2 unspecified atom stereocenters. The van der Waals surface area contributed by atoms with E-state index in [-0.39, 0.29) is 0 Å². The maximum absolute atomic E-state index is 5.78. The molecule has 1 saturated heterocycles. The molecule has 1 aliphatic rings. The molecule has 0 N–H and O–H groups in total. The number of alkyl halides is 1. The van der Waals surface area contributed by atoms with E-state index in [1.165, 1.54) is 16.8 Å². The van der Waals surface area contributed by atoms with E-state index >= 15 is 0 Å². The van der Waals surface area contributed by atoms with Gasteiger partial charge >= 0.3 is 0 Å². The van der Waals surface area contributed by atoms with Crippen LogP contribution in [0.2, 0.25) is 0 Å². The minimum Gasteiger partial charge on any atom is -0.375 e. The summed E-state index contributed by atoms with van der Waals surface area (Å²) < 4.78 is 5.78. The van der Waals surface area contributed by atoms with Gasteiger partial charge in [0, 0.05) is 17.6 Å². The summed E-state index contributed by atoms with van der Waals surface area (Å²) in [5, 5.41) is 0.909. The van der Waals surface area contributed by atoms with Gasteiger partial charge in [0.2, 0.25) is 0 Å². The number of ether oxygens (including phenoxy) is 1. The first-order valence-electron chi connectivity index (χ1n) is 6.69. The second kappa shape index (κ2) is 6.07. The molecule has 2 nitrogen and oxygen atoms in total. The van der Waals surface area contributed by atoms with Crippen LogP contribution < -0.4 is 4.90 Å². The monoisotopic (exact) mass is 311 g/mol. The van der Waals surface area contributed by atoms with Crippen molar-refractivity contribution in [2.24, 2.45) is 0 Å². The van der Waals surface area contributed by atoms with E-state index in [0.29, 0.717) is 12.1 Å².